The Bertz CT molecular complexity index is 1390. The predicted octanol–water partition coefficient (Wildman–Crippen LogP) is 4.02. The fourth-order valence-electron chi connectivity index (χ4n) is 4.34. The lowest BCUT2D eigenvalue weighted by Gasteiger charge is -2.30. The van der Waals surface area contributed by atoms with Crippen LogP contribution in [0.3, 0.4) is 0 Å². The Morgan fingerprint density at radius 1 is 1.15 bits per heavy atom. The van der Waals surface area contributed by atoms with Crippen LogP contribution in [0.4, 0.5) is 0 Å². The fourth-order valence-corrected chi connectivity index (χ4v) is 4.52. The van der Waals surface area contributed by atoms with Crippen LogP contribution < -0.4 is 4.74 Å². The third kappa shape index (κ3) is 3.92. The first-order valence-corrected chi connectivity index (χ1v) is 11.3. The van der Waals surface area contributed by atoms with Gasteiger partial charge in [0.05, 0.1) is 7.11 Å². The molecule has 174 valence electrons. The van der Waals surface area contributed by atoms with Crippen molar-refractivity contribution in [3.05, 3.63) is 59.2 Å². The van der Waals surface area contributed by atoms with E-state index in [2.05, 4.69) is 15.2 Å². The minimum atomic E-state index is -0.297. The van der Waals surface area contributed by atoms with Crippen molar-refractivity contribution in [2.45, 2.75) is 12.8 Å². The third-order valence-electron chi connectivity index (χ3n) is 6.21. The summed E-state index contributed by atoms with van der Waals surface area (Å²) in [7, 11) is 3.38. The lowest BCUT2D eigenvalue weighted by molar-refractivity contribution is 0.0634. The van der Waals surface area contributed by atoms with Crippen molar-refractivity contribution in [2.75, 3.05) is 20.2 Å². The summed E-state index contributed by atoms with van der Waals surface area (Å²) < 4.78 is 12.8. The van der Waals surface area contributed by atoms with E-state index < -0.39 is 0 Å². The van der Waals surface area contributed by atoms with E-state index in [1.807, 2.05) is 35.9 Å². The highest BCUT2D eigenvalue weighted by Crippen LogP contribution is 2.29. The van der Waals surface area contributed by atoms with Crippen LogP contribution in [0.2, 0.25) is 5.02 Å². The molecule has 1 aromatic carbocycles. The summed E-state index contributed by atoms with van der Waals surface area (Å²) >= 11 is 6.09. The Hall–Kier alpha value is -3.72. The van der Waals surface area contributed by atoms with E-state index >= 15 is 0 Å². The minimum absolute atomic E-state index is 0.0574. The molecule has 4 aromatic rings. The Balaban J connectivity index is 1.27. The van der Waals surface area contributed by atoms with Crippen molar-refractivity contribution in [1.82, 2.24) is 24.6 Å². The SMILES string of the molecule is COc1cccnc1-c1nnc(C(=O)C2CCN(C(=O)c3cc4cc(Cl)ccc4n3C)CC2)o1. The van der Waals surface area contributed by atoms with Crippen LogP contribution in [0.1, 0.15) is 34.0 Å². The monoisotopic (exact) mass is 479 g/mol. The van der Waals surface area contributed by atoms with Gasteiger partial charge in [-0.2, -0.15) is 0 Å². The first kappa shape index (κ1) is 22.1. The van der Waals surface area contributed by atoms with Crippen LogP contribution in [0, 0.1) is 5.92 Å². The first-order valence-electron chi connectivity index (χ1n) is 10.9. The average molecular weight is 480 g/mol. The van der Waals surface area contributed by atoms with E-state index in [-0.39, 0.29) is 29.4 Å². The van der Waals surface area contributed by atoms with E-state index in [1.54, 1.807) is 23.2 Å². The van der Waals surface area contributed by atoms with Crippen LogP contribution in [-0.2, 0) is 7.05 Å². The molecule has 4 heterocycles. The number of hydrogen-bond donors (Lipinski definition) is 0. The summed E-state index contributed by atoms with van der Waals surface area (Å²) in [6, 6.07) is 10.9. The number of hydrogen-bond acceptors (Lipinski definition) is 7. The predicted molar refractivity (Wildman–Crippen MR) is 125 cm³/mol. The smallest absolute Gasteiger partial charge is 0.284 e. The number of aromatic nitrogens is 4. The maximum Gasteiger partial charge on any atom is 0.284 e. The number of Topliss-reactive ketones (excluding diaryl/α,β-unsaturated/α-hetero) is 1. The van der Waals surface area contributed by atoms with Gasteiger partial charge < -0.3 is 18.6 Å². The van der Waals surface area contributed by atoms with E-state index in [0.717, 1.165) is 10.9 Å². The lowest BCUT2D eigenvalue weighted by atomic mass is 9.92. The van der Waals surface area contributed by atoms with Gasteiger partial charge in [0.2, 0.25) is 5.78 Å². The molecule has 0 spiro atoms. The number of carbonyl (C=O) groups excluding carboxylic acids is 2. The molecule has 1 amide bonds. The molecule has 34 heavy (non-hydrogen) atoms. The summed E-state index contributed by atoms with van der Waals surface area (Å²) in [6.07, 6.45) is 2.62. The first-order chi connectivity index (χ1) is 16.5. The molecule has 0 radical (unpaired) electrons. The average Bonchev–Trinajstić information content (AvgIpc) is 3.48. The summed E-state index contributed by atoms with van der Waals surface area (Å²) in [5, 5.41) is 9.45. The summed E-state index contributed by atoms with van der Waals surface area (Å²) in [4.78, 5) is 32.1. The van der Waals surface area contributed by atoms with Crippen molar-refractivity contribution >= 4 is 34.2 Å². The van der Waals surface area contributed by atoms with Gasteiger partial charge in [-0.25, -0.2) is 4.98 Å². The zero-order chi connectivity index (χ0) is 23.8. The summed E-state index contributed by atoms with van der Waals surface area (Å²) in [5.41, 5.74) is 1.91. The molecule has 5 rings (SSSR count). The van der Waals surface area contributed by atoms with E-state index in [4.69, 9.17) is 20.8 Å². The fraction of sp³-hybridized carbons (Fsp3) is 0.292. The number of pyridine rings is 1. The third-order valence-corrected chi connectivity index (χ3v) is 6.44. The van der Waals surface area contributed by atoms with Crippen LogP contribution in [0.5, 0.6) is 5.75 Å². The number of benzene rings is 1. The molecule has 0 bridgehead atoms. The van der Waals surface area contributed by atoms with Gasteiger partial charge in [0.15, 0.2) is 5.69 Å². The normalized spacial score (nSPS) is 14.5. The molecule has 1 aliphatic heterocycles. The summed E-state index contributed by atoms with van der Waals surface area (Å²) in [5.74, 6) is -0.0350. The lowest BCUT2D eigenvalue weighted by Crippen LogP contribution is -2.41. The Labute approximate surface area is 200 Å². The molecule has 10 heteroatoms. The van der Waals surface area contributed by atoms with Gasteiger partial charge in [0.1, 0.15) is 11.4 Å². The zero-order valence-electron chi connectivity index (χ0n) is 18.7. The second-order valence-corrected chi connectivity index (χ2v) is 8.63. The number of fused-ring (bicyclic) bond motifs is 1. The van der Waals surface area contributed by atoms with Crippen LogP contribution in [0.15, 0.2) is 47.0 Å². The molecular formula is C24H22ClN5O4. The van der Waals surface area contributed by atoms with E-state index in [0.29, 0.717) is 48.1 Å². The minimum Gasteiger partial charge on any atom is -0.494 e. The zero-order valence-corrected chi connectivity index (χ0v) is 19.5. The molecule has 0 atom stereocenters. The quantitative estimate of drug-likeness (QED) is 0.398. The molecule has 0 aliphatic carbocycles. The van der Waals surface area contributed by atoms with Gasteiger partial charge in [0.25, 0.3) is 17.7 Å². The number of ether oxygens (including phenoxy) is 1. The molecule has 9 nitrogen and oxygen atoms in total. The van der Waals surface area contributed by atoms with Gasteiger partial charge >= 0.3 is 0 Å². The Kier molecular flexibility index (Phi) is 5.79. The molecule has 1 aliphatic rings. The highest BCUT2D eigenvalue weighted by Gasteiger charge is 2.32. The molecule has 1 saturated heterocycles. The van der Waals surface area contributed by atoms with Gasteiger partial charge in [-0.15, -0.1) is 10.2 Å². The van der Waals surface area contributed by atoms with Crippen molar-refractivity contribution in [2.24, 2.45) is 13.0 Å². The second-order valence-electron chi connectivity index (χ2n) is 8.19. The van der Waals surface area contributed by atoms with Gasteiger partial charge in [-0.05, 0) is 49.2 Å². The Morgan fingerprint density at radius 3 is 2.71 bits per heavy atom. The standard InChI is InChI=1S/C24H22ClN5O4/c1-29-17-6-5-16(25)12-15(17)13-18(29)24(32)30-10-7-14(8-11-30)21(31)23-28-27-22(34-23)20-19(33-2)4-3-9-26-20/h3-6,9,12-14H,7-8,10-11H2,1-2H3. The number of methoxy groups -OCH3 is 1. The van der Waals surface area contributed by atoms with Crippen molar-refractivity contribution in [3.63, 3.8) is 0 Å². The molecule has 0 unspecified atom stereocenters. The number of likely N-dealkylation sites (tertiary alicyclic amines) is 1. The highest BCUT2D eigenvalue weighted by molar-refractivity contribution is 6.31. The van der Waals surface area contributed by atoms with Crippen molar-refractivity contribution in [1.29, 1.82) is 0 Å². The molecule has 1 fully saturated rings. The van der Waals surface area contributed by atoms with Crippen LogP contribution in [0.25, 0.3) is 22.5 Å². The summed E-state index contributed by atoms with van der Waals surface area (Å²) in [6.45, 7) is 0.930. The number of amides is 1. The van der Waals surface area contributed by atoms with Crippen LogP contribution >= 0.6 is 11.6 Å². The Morgan fingerprint density at radius 2 is 1.94 bits per heavy atom. The molecule has 0 saturated carbocycles. The highest BCUT2D eigenvalue weighted by atomic mass is 35.5. The number of aryl methyl sites for hydroxylation is 1. The number of halogens is 1. The maximum absolute atomic E-state index is 13.2. The molecule has 0 N–H and O–H groups in total. The van der Waals surface area contributed by atoms with E-state index in [1.165, 1.54) is 7.11 Å². The topological polar surface area (TPSA) is 103 Å². The van der Waals surface area contributed by atoms with E-state index in [9.17, 15) is 9.59 Å². The van der Waals surface area contributed by atoms with Gasteiger partial charge in [-0.1, -0.05) is 11.6 Å². The number of piperidine rings is 1. The number of rotatable bonds is 5. The number of ketones is 1. The largest absolute Gasteiger partial charge is 0.494 e. The van der Waals surface area contributed by atoms with Gasteiger partial charge in [0, 0.05) is 48.2 Å². The second kappa shape index (κ2) is 8.90. The number of carbonyl (C=O) groups is 2. The van der Waals surface area contributed by atoms with Crippen molar-refractivity contribution in [3.8, 4) is 17.3 Å². The number of nitrogens with zero attached hydrogens (tertiary/aromatic N) is 5. The molecule has 3 aromatic heterocycles. The van der Waals surface area contributed by atoms with Gasteiger partial charge in [-0.3, -0.25) is 9.59 Å². The van der Waals surface area contributed by atoms with Crippen molar-refractivity contribution < 1.29 is 18.7 Å². The maximum atomic E-state index is 13.2. The van der Waals surface area contributed by atoms with Crippen LogP contribution in [-0.4, -0.2) is 56.5 Å². The molecular weight excluding hydrogens is 458 g/mol.